The lowest BCUT2D eigenvalue weighted by atomic mass is 9.89. The molecule has 0 atom stereocenters. The number of nitrogens with zero attached hydrogens (tertiary/aromatic N) is 2. The molecule has 1 saturated carbocycles. The van der Waals surface area contributed by atoms with Gasteiger partial charge in [0.25, 0.3) is 0 Å². The van der Waals surface area contributed by atoms with Gasteiger partial charge in [0.2, 0.25) is 11.8 Å². The minimum Gasteiger partial charge on any atom is -0.273 e. The molecule has 0 saturated heterocycles. The van der Waals surface area contributed by atoms with E-state index in [1.165, 1.54) is 28.6 Å². The van der Waals surface area contributed by atoms with Crippen LogP contribution in [-0.2, 0) is 9.59 Å². The minimum absolute atomic E-state index is 0.0253. The van der Waals surface area contributed by atoms with Crippen molar-refractivity contribution in [2.45, 2.75) is 57.9 Å². The summed E-state index contributed by atoms with van der Waals surface area (Å²) in [5.74, 6) is 0.621. The maximum atomic E-state index is 12.1. The molecular weight excluding hydrogens is 368 g/mol. The van der Waals surface area contributed by atoms with Gasteiger partial charge >= 0.3 is 0 Å². The predicted molar refractivity (Wildman–Crippen MR) is 105 cm³/mol. The number of hydrazine groups is 1. The van der Waals surface area contributed by atoms with E-state index in [2.05, 4.69) is 34.7 Å². The highest BCUT2D eigenvalue weighted by atomic mass is 32.2. The van der Waals surface area contributed by atoms with Crippen LogP contribution in [0.25, 0.3) is 10.2 Å². The van der Waals surface area contributed by atoms with Crippen molar-refractivity contribution in [1.29, 1.82) is 0 Å². The van der Waals surface area contributed by atoms with E-state index in [1.54, 1.807) is 11.3 Å². The molecule has 2 heterocycles. The molecule has 6 nitrogen and oxygen atoms in total. The average Bonchev–Trinajstić information content (AvgIpc) is 2.92. The summed E-state index contributed by atoms with van der Waals surface area (Å²) < 4.78 is 0. The van der Waals surface area contributed by atoms with Crippen molar-refractivity contribution in [2.24, 2.45) is 5.92 Å². The lowest BCUT2D eigenvalue weighted by Gasteiger charge is -2.20. The first-order chi connectivity index (χ1) is 12.5. The van der Waals surface area contributed by atoms with Gasteiger partial charge in [-0.2, -0.15) is 0 Å². The molecule has 1 aliphatic rings. The first kappa shape index (κ1) is 19.1. The number of carbonyl (C=O) groups is 2. The second kappa shape index (κ2) is 8.35. The van der Waals surface area contributed by atoms with Gasteiger partial charge in [0.1, 0.15) is 15.7 Å². The molecule has 8 heteroatoms. The third-order valence-electron chi connectivity index (χ3n) is 4.75. The molecule has 2 aromatic heterocycles. The third-order valence-corrected chi connectivity index (χ3v) is 6.82. The Bertz CT molecular complexity index is 828. The monoisotopic (exact) mass is 392 g/mol. The molecule has 26 heavy (non-hydrogen) atoms. The Morgan fingerprint density at radius 3 is 2.58 bits per heavy atom. The molecule has 0 radical (unpaired) electrons. The van der Waals surface area contributed by atoms with Gasteiger partial charge in [-0.15, -0.1) is 11.3 Å². The lowest BCUT2D eigenvalue weighted by Crippen LogP contribution is -2.45. The second-order valence-electron chi connectivity index (χ2n) is 6.70. The van der Waals surface area contributed by atoms with E-state index < -0.39 is 0 Å². The lowest BCUT2D eigenvalue weighted by molar-refractivity contribution is -0.131. The van der Waals surface area contributed by atoms with E-state index in [1.807, 2.05) is 6.92 Å². The molecule has 140 valence electrons. The summed E-state index contributed by atoms with van der Waals surface area (Å²) in [5, 5.41) is 1.85. The van der Waals surface area contributed by atoms with Crippen LogP contribution < -0.4 is 10.9 Å². The summed E-state index contributed by atoms with van der Waals surface area (Å²) in [7, 11) is 0. The van der Waals surface area contributed by atoms with Crippen LogP contribution in [0.4, 0.5) is 0 Å². The Labute approximate surface area is 161 Å². The van der Waals surface area contributed by atoms with E-state index in [4.69, 9.17) is 0 Å². The van der Waals surface area contributed by atoms with Gasteiger partial charge < -0.3 is 0 Å². The van der Waals surface area contributed by atoms with Crippen LogP contribution in [0.3, 0.4) is 0 Å². The summed E-state index contributed by atoms with van der Waals surface area (Å²) in [6.45, 7) is 5.98. The number of carbonyl (C=O) groups excluding carboxylic acids is 2. The molecule has 0 unspecified atom stereocenters. The number of aromatic nitrogens is 2. The summed E-state index contributed by atoms with van der Waals surface area (Å²) >= 11 is 3.03. The number of fused-ring (bicyclic) bond motifs is 1. The van der Waals surface area contributed by atoms with Crippen LogP contribution in [0.1, 0.15) is 48.4 Å². The maximum absolute atomic E-state index is 12.1. The number of hydrogen-bond acceptors (Lipinski definition) is 6. The number of aryl methyl sites for hydroxylation is 3. The van der Waals surface area contributed by atoms with E-state index in [-0.39, 0.29) is 23.5 Å². The zero-order valence-electron chi connectivity index (χ0n) is 15.3. The summed E-state index contributed by atoms with van der Waals surface area (Å²) in [6, 6.07) is 0. The highest BCUT2D eigenvalue weighted by molar-refractivity contribution is 8.00. The molecule has 2 N–H and O–H groups in total. The summed E-state index contributed by atoms with van der Waals surface area (Å²) in [4.78, 5) is 35.4. The number of amides is 2. The predicted octanol–water partition coefficient (Wildman–Crippen LogP) is 3.44. The Morgan fingerprint density at radius 1 is 1.12 bits per heavy atom. The van der Waals surface area contributed by atoms with Crippen molar-refractivity contribution < 1.29 is 9.59 Å². The molecule has 0 spiro atoms. The Hall–Kier alpha value is -1.67. The summed E-state index contributed by atoms with van der Waals surface area (Å²) in [5.41, 5.74) is 6.27. The first-order valence-corrected chi connectivity index (χ1v) is 10.7. The van der Waals surface area contributed by atoms with Crippen LogP contribution in [0.15, 0.2) is 5.03 Å². The zero-order valence-corrected chi connectivity index (χ0v) is 17.0. The SMILES string of the molecule is Cc1nc(SCC(=O)NNC(=O)C2CCCCC2)c2c(C)c(C)sc2n1. The minimum atomic E-state index is -0.229. The fourth-order valence-corrected chi connectivity index (χ4v) is 5.26. The van der Waals surface area contributed by atoms with Gasteiger partial charge in [-0.3, -0.25) is 20.4 Å². The van der Waals surface area contributed by atoms with Crippen molar-refractivity contribution in [3.8, 4) is 0 Å². The van der Waals surface area contributed by atoms with E-state index in [9.17, 15) is 9.59 Å². The highest BCUT2D eigenvalue weighted by Gasteiger charge is 2.21. The fraction of sp³-hybridized carbons (Fsp3) is 0.556. The van der Waals surface area contributed by atoms with Crippen LogP contribution in [0.2, 0.25) is 0 Å². The Balaban J connectivity index is 1.58. The van der Waals surface area contributed by atoms with Gasteiger partial charge in [0, 0.05) is 16.2 Å². The molecule has 2 aromatic rings. The molecular formula is C18H24N4O2S2. The van der Waals surface area contributed by atoms with Crippen LogP contribution >= 0.6 is 23.1 Å². The quantitative estimate of drug-likeness (QED) is 0.473. The Morgan fingerprint density at radius 2 is 1.85 bits per heavy atom. The average molecular weight is 393 g/mol. The maximum Gasteiger partial charge on any atom is 0.248 e. The molecule has 2 amide bonds. The van der Waals surface area contributed by atoms with Gasteiger partial charge in [-0.1, -0.05) is 31.0 Å². The van der Waals surface area contributed by atoms with Crippen molar-refractivity contribution in [3.63, 3.8) is 0 Å². The number of rotatable bonds is 4. The van der Waals surface area contributed by atoms with Crippen LogP contribution in [0, 0.1) is 26.7 Å². The van der Waals surface area contributed by atoms with Crippen molar-refractivity contribution in [2.75, 3.05) is 5.75 Å². The smallest absolute Gasteiger partial charge is 0.248 e. The first-order valence-electron chi connectivity index (χ1n) is 8.91. The van der Waals surface area contributed by atoms with Crippen molar-refractivity contribution in [3.05, 3.63) is 16.3 Å². The largest absolute Gasteiger partial charge is 0.273 e. The molecule has 1 aliphatic carbocycles. The molecule has 3 rings (SSSR count). The van der Waals surface area contributed by atoms with Crippen LogP contribution in [-0.4, -0.2) is 27.5 Å². The second-order valence-corrected chi connectivity index (χ2v) is 8.87. The topological polar surface area (TPSA) is 84.0 Å². The van der Waals surface area contributed by atoms with E-state index >= 15 is 0 Å². The Kier molecular flexibility index (Phi) is 6.13. The third kappa shape index (κ3) is 4.35. The number of thioether (sulfide) groups is 1. The van der Waals surface area contributed by atoms with Gasteiger partial charge in [0.15, 0.2) is 0 Å². The van der Waals surface area contributed by atoms with Crippen molar-refractivity contribution >= 4 is 45.1 Å². The van der Waals surface area contributed by atoms with Gasteiger partial charge in [-0.05, 0) is 39.2 Å². The zero-order chi connectivity index (χ0) is 18.7. The van der Waals surface area contributed by atoms with E-state index in [0.717, 1.165) is 40.9 Å². The number of hydrogen-bond donors (Lipinski definition) is 2. The molecule has 0 bridgehead atoms. The normalized spacial score (nSPS) is 15.2. The van der Waals surface area contributed by atoms with Crippen LogP contribution in [0.5, 0.6) is 0 Å². The standard InChI is InChI=1S/C18H24N4O2S2/c1-10-11(2)26-18-15(10)17(19-12(3)20-18)25-9-14(23)21-22-16(24)13-7-5-4-6-8-13/h13H,4-9H2,1-3H3,(H,21,23)(H,22,24). The van der Waals surface area contributed by atoms with E-state index in [0.29, 0.717) is 5.82 Å². The van der Waals surface area contributed by atoms with Crippen molar-refractivity contribution in [1.82, 2.24) is 20.8 Å². The number of thiophene rings is 1. The highest BCUT2D eigenvalue weighted by Crippen LogP contribution is 2.34. The van der Waals surface area contributed by atoms with Gasteiger partial charge in [-0.25, -0.2) is 9.97 Å². The van der Waals surface area contributed by atoms with Gasteiger partial charge in [0.05, 0.1) is 5.75 Å². The summed E-state index contributed by atoms with van der Waals surface area (Å²) in [6.07, 6.45) is 5.19. The molecule has 1 fully saturated rings. The molecule has 0 aliphatic heterocycles. The number of nitrogens with one attached hydrogen (secondary N) is 2. The fourth-order valence-electron chi connectivity index (χ4n) is 3.19. The molecule has 0 aromatic carbocycles.